The van der Waals surface area contributed by atoms with E-state index in [0.29, 0.717) is 18.7 Å². The van der Waals surface area contributed by atoms with Crippen LogP contribution < -0.4 is 5.32 Å². The van der Waals surface area contributed by atoms with E-state index in [-0.39, 0.29) is 16.7 Å². The van der Waals surface area contributed by atoms with Crippen molar-refractivity contribution in [2.45, 2.75) is 91.4 Å². The number of benzene rings is 1. The van der Waals surface area contributed by atoms with Crippen LogP contribution >= 0.6 is 0 Å². The summed E-state index contributed by atoms with van der Waals surface area (Å²) in [6.07, 6.45) is 5.52. The predicted molar refractivity (Wildman–Crippen MR) is 137 cm³/mol. The molecule has 1 aliphatic carbocycles. The highest BCUT2D eigenvalue weighted by molar-refractivity contribution is 5.91. The van der Waals surface area contributed by atoms with Gasteiger partial charge in [0, 0.05) is 19.5 Å². The van der Waals surface area contributed by atoms with Crippen molar-refractivity contribution in [1.29, 1.82) is 0 Å². The number of hydrogen-bond donors (Lipinski definition) is 1. The Balaban J connectivity index is 1.66. The zero-order valence-electron chi connectivity index (χ0n) is 21.9. The largest absolute Gasteiger partial charge is 0.456 e. The number of aryl methyl sites for hydroxylation is 1. The first kappa shape index (κ1) is 25.6. The smallest absolute Gasteiger partial charge is 0.287 e. The van der Waals surface area contributed by atoms with Crippen molar-refractivity contribution in [3.63, 3.8) is 0 Å². The fourth-order valence-electron chi connectivity index (χ4n) is 4.96. The highest BCUT2D eigenvalue weighted by Gasteiger charge is 2.37. The highest BCUT2D eigenvalue weighted by Crippen LogP contribution is 2.46. The van der Waals surface area contributed by atoms with Gasteiger partial charge in [0.15, 0.2) is 5.76 Å². The Morgan fingerprint density at radius 3 is 2.33 bits per heavy atom. The zero-order chi connectivity index (χ0) is 24.2. The van der Waals surface area contributed by atoms with Crippen molar-refractivity contribution in [3.8, 4) is 0 Å². The van der Waals surface area contributed by atoms with Gasteiger partial charge in [0.05, 0.1) is 0 Å². The molecule has 0 unspecified atom stereocenters. The number of fused-ring (bicyclic) bond motifs is 1. The molecule has 0 spiro atoms. The second-order valence-electron chi connectivity index (χ2n) is 11.1. The molecule has 4 heteroatoms. The molecule has 2 aromatic rings. The lowest BCUT2D eigenvalue weighted by Gasteiger charge is -2.42. The molecule has 0 fully saturated rings. The van der Waals surface area contributed by atoms with E-state index < -0.39 is 0 Å². The molecule has 33 heavy (non-hydrogen) atoms. The Hall–Kier alpha value is -2.07. The fraction of sp³-hybridized carbons (Fsp3) is 0.621. The molecule has 4 nitrogen and oxygen atoms in total. The number of nitrogens with zero attached hydrogens (tertiary/aromatic N) is 1. The van der Waals surface area contributed by atoms with E-state index in [9.17, 15) is 4.79 Å². The number of nitrogens with one attached hydrogen (secondary N) is 1. The maximum Gasteiger partial charge on any atom is 0.287 e. The summed E-state index contributed by atoms with van der Waals surface area (Å²) >= 11 is 0. The normalized spacial score (nSPS) is 16.6. The molecular weight excluding hydrogens is 408 g/mol. The SMILES string of the molecule is CCCCN(CC)CCNC(=O)c1ccc(Cc2cc3c(cc2C)C(C)(C)CCC3(C)C)o1. The van der Waals surface area contributed by atoms with Crippen molar-refractivity contribution >= 4 is 5.91 Å². The summed E-state index contributed by atoms with van der Waals surface area (Å²) in [7, 11) is 0. The molecule has 1 aromatic heterocycles. The summed E-state index contributed by atoms with van der Waals surface area (Å²) in [5, 5.41) is 3.02. The molecule has 1 aromatic carbocycles. The van der Waals surface area contributed by atoms with Crippen LogP contribution in [0, 0.1) is 6.92 Å². The Kier molecular flexibility index (Phi) is 8.10. The van der Waals surface area contributed by atoms with Gasteiger partial charge >= 0.3 is 0 Å². The lowest BCUT2D eigenvalue weighted by atomic mass is 9.62. The number of amides is 1. The van der Waals surface area contributed by atoms with Crippen molar-refractivity contribution in [1.82, 2.24) is 10.2 Å². The zero-order valence-corrected chi connectivity index (χ0v) is 21.9. The van der Waals surface area contributed by atoms with Crippen LogP contribution in [0.25, 0.3) is 0 Å². The molecule has 0 bridgehead atoms. The summed E-state index contributed by atoms with van der Waals surface area (Å²) in [4.78, 5) is 15.0. The second-order valence-corrected chi connectivity index (χ2v) is 11.1. The van der Waals surface area contributed by atoms with E-state index in [1.807, 2.05) is 6.07 Å². The fourth-order valence-corrected chi connectivity index (χ4v) is 4.96. The molecule has 1 N–H and O–H groups in total. The summed E-state index contributed by atoms with van der Waals surface area (Å²) in [5.74, 6) is 1.12. The van der Waals surface area contributed by atoms with Crippen molar-refractivity contribution in [2.24, 2.45) is 0 Å². The van der Waals surface area contributed by atoms with E-state index in [2.05, 4.69) is 70.8 Å². The summed E-state index contributed by atoms with van der Waals surface area (Å²) in [6, 6.07) is 8.53. The third kappa shape index (κ3) is 6.09. The van der Waals surface area contributed by atoms with Crippen LogP contribution in [0.1, 0.15) is 106 Å². The minimum absolute atomic E-state index is 0.127. The minimum atomic E-state index is -0.127. The van der Waals surface area contributed by atoms with Gasteiger partial charge in [0.2, 0.25) is 0 Å². The van der Waals surface area contributed by atoms with Gasteiger partial charge in [-0.25, -0.2) is 0 Å². The van der Waals surface area contributed by atoms with Crippen molar-refractivity contribution in [2.75, 3.05) is 26.2 Å². The molecule has 3 rings (SSSR count). The van der Waals surface area contributed by atoms with Crippen LogP contribution in [0.15, 0.2) is 28.7 Å². The molecule has 0 aliphatic heterocycles. The second kappa shape index (κ2) is 10.5. The van der Waals surface area contributed by atoms with Crippen molar-refractivity contribution in [3.05, 3.63) is 58.0 Å². The lowest BCUT2D eigenvalue weighted by molar-refractivity contribution is 0.0919. The van der Waals surface area contributed by atoms with E-state index >= 15 is 0 Å². The highest BCUT2D eigenvalue weighted by atomic mass is 16.3. The van der Waals surface area contributed by atoms with E-state index in [0.717, 1.165) is 25.4 Å². The number of rotatable bonds is 10. The topological polar surface area (TPSA) is 45.5 Å². The quantitative estimate of drug-likeness (QED) is 0.455. The van der Waals surface area contributed by atoms with Crippen LogP contribution in [0.5, 0.6) is 0 Å². The van der Waals surface area contributed by atoms with Crippen LogP contribution in [0.4, 0.5) is 0 Å². The first-order chi connectivity index (χ1) is 15.6. The van der Waals surface area contributed by atoms with Crippen molar-refractivity contribution < 1.29 is 9.21 Å². The number of carbonyl (C=O) groups excluding carboxylic acids is 1. The van der Waals surface area contributed by atoms with Crippen LogP contribution in [-0.4, -0.2) is 37.0 Å². The maximum atomic E-state index is 12.6. The summed E-state index contributed by atoms with van der Waals surface area (Å²) in [6.45, 7) is 19.6. The van der Waals surface area contributed by atoms with Gasteiger partial charge in [-0.05, 0) is 84.5 Å². The number of unbranched alkanes of at least 4 members (excludes halogenated alkanes) is 1. The number of hydrogen-bond acceptors (Lipinski definition) is 3. The Morgan fingerprint density at radius 1 is 1.03 bits per heavy atom. The van der Waals surface area contributed by atoms with Crippen LogP contribution in [-0.2, 0) is 17.3 Å². The van der Waals surface area contributed by atoms with Gasteiger partial charge in [-0.15, -0.1) is 0 Å². The average molecular weight is 453 g/mol. The average Bonchev–Trinajstić information content (AvgIpc) is 3.23. The molecule has 0 radical (unpaired) electrons. The van der Waals surface area contributed by atoms with Gasteiger partial charge in [0.1, 0.15) is 5.76 Å². The standard InChI is InChI=1S/C29H44N2O2/c1-8-10-16-31(9-2)17-15-30-27(32)26-12-11-23(33-26)19-22-20-25-24(18-21(22)3)28(4,5)13-14-29(25,6)7/h11-12,18,20H,8-10,13-17,19H2,1-7H3,(H,30,32). The monoisotopic (exact) mass is 452 g/mol. The molecule has 1 aliphatic rings. The third-order valence-electron chi connectivity index (χ3n) is 7.55. The van der Waals surface area contributed by atoms with Gasteiger partial charge in [0.25, 0.3) is 5.91 Å². The molecule has 182 valence electrons. The van der Waals surface area contributed by atoms with E-state index in [1.165, 1.54) is 47.9 Å². The Bertz CT molecular complexity index is 955. The molecule has 0 saturated carbocycles. The van der Waals surface area contributed by atoms with Gasteiger partial charge in [-0.2, -0.15) is 0 Å². The molecular formula is C29H44N2O2. The first-order valence-corrected chi connectivity index (χ1v) is 12.8. The van der Waals surface area contributed by atoms with E-state index in [4.69, 9.17) is 4.42 Å². The maximum absolute atomic E-state index is 12.6. The number of carbonyl (C=O) groups is 1. The summed E-state index contributed by atoms with van der Waals surface area (Å²) in [5.41, 5.74) is 5.94. The first-order valence-electron chi connectivity index (χ1n) is 12.8. The van der Waals surface area contributed by atoms with Gasteiger partial charge in [-0.1, -0.05) is 60.1 Å². The lowest BCUT2D eigenvalue weighted by Crippen LogP contribution is -2.35. The van der Waals surface area contributed by atoms with Crippen LogP contribution in [0.3, 0.4) is 0 Å². The molecule has 0 atom stereocenters. The molecule has 1 heterocycles. The van der Waals surface area contributed by atoms with Gasteiger partial charge in [-0.3, -0.25) is 4.79 Å². The number of furan rings is 1. The van der Waals surface area contributed by atoms with Gasteiger partial charge < -0.3 is 14.6 Å². The number of likely N-dealkylation sites (N-methyl/N-ethyl adjacent to an activating group) is 1. The summed E-state index contributed by atoms with van der Waals surface area (Å²) < 4.78 is 5.96. The molecule has 1 amide bonds. The third-order valence-corrected chi connectivity index (χ3v) is 7.55. The Labute approximate surface area is 201 Å². The predicted octanol–water partition coefficient (Wildman–Crippen LogP) is 6.38. The van der Waals surface area contributed by atoms with Crippen LogP contribution in [0.2, 0.25) is 0 Å². The Morgan fingerprint density at radius 2 is 1.70 bits per heavy atom. The van der Waals surface area contributed by atoms with E-state index in [1.54, 1.807) is 6.07 Å². The minimum Gasteiger partial charge on any atom is -0.456 e. The molecule has 0 saturated heterocycles.